The second-order valence-electron chi connectivity index (χ2n) is 7.69. The third-order valence-corrected chi connectivity index (χ3v) is 6.38. The van der Waals surface area contributed by atoms with Crippen molar-refractivity contribution in [3.05, 3.63) is 0 Å². The maximum absolute atomic E-state index is 12.0. The van der Waals surface area contributed by atoms with Crippen molar-refractivity contribution in [2.45, 2.75) is 59.8 Å². The van der Waals surface area contributed by atoms with Crippen molar-refractivity contribution < 1.29 is 4.79 Å². The third-order valence-electron chi connectivity index (χ3n) is 6.38. The Labute approximate surface area is 99.0 Å². The van der Waals surface area contributed by atoms with Gasteiger partial charge in [0.2, 0.25) is 0 Å². The molecule has 0 aliphatic heterocycles. The van der Waals surface area contributed by atoms with Crippen molar-refractivity contribution in [3.63, 3.8) is 0 Å². The molecule has 0 saturated heterocycles. The Morgan fingerprint density at radius 2 is 1.81 bits per heavy atom. The SMILES string of the molecule is CC1CCC2C(C)(C)CC3(C)CC(=O)CC123. The summed E-state index contributed by atoms with van der Waals surface area (Å²) < 4.78 is 0. The van der Waals surface area contributed by atoms with E-state index in [2.05, 4.69) is 27.7 Å². The molecule has 1 spiro atoms. The predicted molar refractivity (Wildman–Crippen MR) is 65.1 cm³/mol. The number of hydrogen-bond acceptors (Lipinski definition) is 1. The highest BCUT2D eigenvalue weighted by Gasteiger charge is 2.71. The lowest BCUT2D eigenvalue weighted by molar-refractivity contribution is -0.118. The summed E-state index contributed by atoms with van der Waals surface area (Å²) in [5.41, 5.74) is 1.14. The topological polar surface area (TPSA) is 17.1 Å². The van der Waals surface area contributed by atoms with Gasteiger partial charge in [0, 0.05) is 12.8 Å². The fraction of sp³-hybridized carbons (Fsp3) is 0.933. The molecule has 0 N–H and O–H groups in total. The normalized spacial score (nSPS) is 54.1. The van der Waals surface area contributed by atoms with Gasteiger partial charge in [-0.15, -0.1) is 0 Å². The molecule has 3 aliphatic rings. The minimum Gasteiger partial charge on any atom is -0.300 e. The fourth-order valence-corrected chi connectivity index (χ4v) is 6.23. The van der Waals surface area contributed by atoms with Gasteiger partial charge in [0.15, 0.2) is 0 Å². The van der Waals surface area contributed by atoms with Crippen LogP contribution in [-0.4, -0.2) is 5.78 Å². The first-order valence-corrected chi connectivity index (χ1v) is 6.84. The Balaban J connectivity index is 2.15. The van der Waals surface area contributed by atoms with E-state index in [0.29, 0.717) is 22.0 Å². The molecule has 4 atom stereocenters. The highest BCUT2D eigenvalue weighted by molar-refractivity contribution is 5.83. The zero-order valence-electron chi connectivity index (χ0n) is 11.1. The number of rotatable bonds is 0. The van der Waals surface area contributed by atoms with Crippen LogP contribution in [-0.2, 0) is 4.79 Å². The van der Waals surface area contributed by atoms with Crippen molar-refractivity contribution in [2.75, 3.05) is 0 Å². The number of hydrogen-bond donors (Lipinski definition) is 0. The van der Waals surface area contributed by atoms with E-state index in [1.54, 1.807) is 0 Å². The van der Waals surface area contributed by atoms with E-state index in [-0.39, 0.29) is 0 Å². The average molecular weight is 220 g/mol. The number of ketones is 1. The van der Waals surface area contributed by atoms with Gasteiger partial charge < -0.3 is 0 Å². The van der Waals surface area contributed by atoms with Crippen molar-refractivity contribution in [2.24, 2.45) is 28.1 Å². The number of Topliss-reactive ketones (excluding diaryl/α,β-unsaturated/α-hetero) is 1. The molecule has 0 aromatic rings. The van der Waals surface area contributed by atoms with E-state index in [1.807, 2.05) is 0 Å². The molecular weight excluding hydrogens is 196 g/mol. The van der Waals surface area contributed by atoms with E-state index in [4.69, 9.17) is 0 Å². The Morgan fingerprint density at radius 1 is 1.12 bits per heavy atom. The van der Waals surface area contributed by atoms with Crippen LogP contribution in [0.4, 0.5) is 0 Å². The second kappa shape index (κ2) is 2.73. The summed E-state index contributed by atoms with van der Waals surface area (Å²) in [5.74, 6) is 2.10. The van der Waals surface area contributed by atoms with E-state index < -0.39 is 0 Å². The maximum atomic E-state index is 12.0. The Hall–Kier alpha value is -0.330. The van der Waals surface area contributed by atoms with Crippen LogP contribution in [0, 0.1) is 28.1 Å². The summed E-state index contributed by atoms with van der Waals surface area (Å²) in [6, 6.07) is 0. The molecule has 90 valence electrons. The summed E-state index contributed by atoms with van der Waals surface area (Å²) in [7, 11) is 0. The van der Waals surface area contributed by atoms with Gasteiger partial charge in [-0.25, -0.2) is 0 Å². The minimum atomic E-state index is 0.314. The predicted octanol–water partition coefficient (Wildman–Crippen LogP) is 3.82. The Kier molecular flexibility index (Phi) is 1.85. The Bertz CT molecular complexity index is 356. The molecule has 3 aliphatic carbocycles. The van der Waals surface area contributed by atoms with Gasteiger partial charge in [-0.05, 0) is 47.3 Å². The number of carbonyl (C=O) groups is 1. The first-order valence-electron chi connectivity index (χ1n) is 6.84. The van der Waals surface area contributed by atoms with E-state index in [1.165, 1.54) is 19.3 Å². The molecule has 0 aromatic heterocycles. The standard InChI is InChI=1S/C15H24O/c1-10-5-6-12-13(2,3)9-14(4)7-11(16)8-15(10,12)14/h10,12H,5-9H2,1-4H3. The zero-order chi connectivity index (χ0) is 11.8. The molecule has 0 amide bonds. The van der Waals surface area contributed by atoms with E-state index >= 15 is 0 Å². The van der Waals surface area contributed by atoms with E-state index in [0.717, 1.165) is 24.7 Å². The minimum absolute atomic E-state index is 0.314. The third kappa shape index (κ3) is 0.966. The molecule has 16 heavy (non-hydrogen) atoms. The van der Waals surface area contributed by atoms with Crippen LogP contribution in [0.15, 0.2) is 0 Å². The van der Waals surface area contributed by atoms with Crippen LogP contribution in [0.2, 0.25) is 0 Å². The van der Waals surface area contributed by atoms with Gasteiger partial charge in [-0.1, -0.05) is 27.7 Å². The monoisotopic (exact) mass is 220 g/mol. The molecule has 1 nitrogen and oxygen atoms in total. The van der Waals surface area contributed by atoms with Crippen LogP contribution in [0.3, 0.4) is 0 Å². The van der Waals surface area contributed by atoms with Gasteiger partial charge in [0.1, 0.15) is 5.78 Å². The second-order valence-corrected chi connectivity index (χ2v) is 7.69. The van der Waals surface area contributed by atoms with Gasteiger partial charge in [-0.2, -0.15) is 0 Å². The molecule has 4 unspecified atom stereocenters. The summed E-state index contributed by atoms with van der Waals surface area (Å²) >= 11 is 0. The van der Waals surface area contributed by atoms with Gasteiger partial charge >= 0.3 is 0 Å². The zero-order valence-corrected chi connectivity index (χ0v) is 11.1. The van der Waals surface area contributed by atoms with Crippen LogP contribution < -0.4 is 0 Å². The van der Waals surface area contributed by atoms with E-state index in [9.17, 15) is 4.79 Å². The van der Waals surface area contributed by atoms with Crippen molar-refractivity contribution >= 4 is 5.78 Å². The molecule has 1 heteroatoms. The molecule has 3 saturated carbocycles. The van der Waals surface area contributed by atoms with Gasteiger partial charge in [-0.3, -0.25) is 4.79 Å². The summed E-state index contributed by atoms with van der Waals surface area (Å²) in [4.78, 5) is 12.0. The van der Waals surface area contributed by atoms with Crippen molar-refractivity contribution in [1.82, 2.24) is 0 Å². The highest BCUT2D eigenvalue weighted by Crippen LogP contribution is 2.76. The highest BCUT2D eigenvalue weighted by atomic mass is 16.1. The molecular formula is C15H24O. The summed E-state index contributed by atoms with van der Waals surface area (Å²) in [5, 5.41) is 0. The first-order chi connectivity index (χ1) is 7.32. The number of carbonyl (C=O) groups excluding carboxylic acids is 1. The molecule has 0 heterocycles. The lowest BCUT2D eigenvalue weighted by atomic mass is 9.62. The van der Waals surface area contributed by atoms with Crippen LogP contribution in [0.5, 0.6) is 0 Å². The largest absolute Gasteiger partial charge is 0.300 e. The van der Waals surface area contributed by atoms with Crippen molar-refractivity contribution in [3.8, 4) is 0 Å². The molecule has 3 fully saturated rings. The molecule has 0 aromatic carbocycles. The summed E-state index contributed by atoms with van der Waals surface area (Å²) in [6.07, 6.45) is 5.71. The van der Waals surface area contributed by atoms with Gasteiger partial charge in [0.25, 0.3) is 0 Å². The summed E-state index contributed by atoms with van der Waals surface area (Å²) in [6.45, 7) is 9.68. The average Bonchev–Trinajstić information content (AvgIpc) is 2.58. The first kappa shape index (κ1) is 10.8. The Morgan fingerprint density at radius 3 is 2.50 bits per heavy atom. The lowest BCUT2D eigenvalue weighted by Crippen LogP contribution is -2.37. The van der Waals surface area contributed by atoms with Crippen LogP contribution in [0.25, 0.3) is 0 Å². The smallest absolute Gasteiger partial charge is 0.134 e. The van der Waals surface area contributed by atoms with Crippen LogP contribution in [0.1, 0.15) is 59.8 Å². The molecule has 0 bridgehead atoms. The van der Waals surface area contributed by atoms with Crippen LogP contribution >= 0.6 is 0 Å². The molecule has 0 radical (unpaired) electrons. The quantitative estimate of drug-likeness (QED) is 0.606. The van der Waals surface area contributed by atoms with Gasteiger partial charge in [0.05, 0.1) is 0 Å². The maximum Gasteiger partial charge on any atom is 0.134 e. The van der Waals surface area contributed by atoms with Crippen molar-refractivity contribution in [1.29, 1.82) is 0 Å². The lowest BCUT2D eigenvalue weighted by Gasteiger charge is -2.41. The fourth-order valence-electron chi connectivity index (χ4n) is 6.23. The molecule has 3 rings (SSSR count).